The molecule has 1 N–H and O–H groups in total. The lowest BCUT2D eigenvalue weighted by Gasteiger charge is -2.13. The van der Waals surface area contributed by atoms with E-state index in [9.17, 15) is 9.59 Å². The first-order chi connectivity index (χ1) is 11.5. The first-order valence-corrected chi connectivity index (χ1v) is 8.09. The molecule has 126 valence electrons. The number of carboxylic acid groups (broad SMARTS) is 1. The third-order valence-corrected chi connectivity index (χ3v) is 3.95. The molecule has 2 unspecified atom stereocenters. The Morgan fingerprint density at radius 1 is 1.08 bits per heavy atom. The highest BCUT2D eigenvalue weighted by atomic mass is 35.5. The van der Waals surface area contributed by atoms with Crippen molar-refractivity contribution in [2.24, 2.45) is 5.92 Å². The van der Waals surface area contributed by atoms with E-state index in [2.05, 4.69) is 0 Å². The van der Waals surface area contributed by atoms with E-state index in [1.54, 1.807) is 36.4 Å². The summed E-state index contributed by atoms with van der Waals surface area (Å²) in [5, 5.41) is 7.86. The Hall–Kier alpha value is -2.33. The van der Waals surface area contributed by atoms with Crippen LogP contribution >= 0.6 is 11.6 Å². The summed E-state index contributed by atoms with van der Waals surface area (Å²) < 4.78 is 5.65. The Morgan fingerprint density at radius 3 is 2.29 bits per heavy atom. The highest BCUT2D eigenvalue weighted by molar-refractivity contribution is 6.29. The van der Waals surface area contributed by atoms with Crippen molar-refractivity contribution in [3.8, 4) is 5.75 Å². The Kier molecular flexibility index (Phi) is 6.38. The second-order valence-electron chi connectivity index (χ2n) is 5.60. The van der Waals surface area contributed by atoms with Gasteiger partial charge in [0.2, 0.25) is 0 Å². The Labute approximate surface area is 146 Å². The van der Waals surface area contributed by atoms with Gasteiger partial charge in [-0.15, -0.1) is 11.6 Å². The van der Waals surface area contributed by atoms with Gasteiger partial charge in [0.05, 0.1) is 12.5 Å². The SMILES string of the molecule is CC(COc1ccc(CC(Cl)C(=O)O)cc1)C(=O)c1ccccc1. The van der Waals surface area contributed by atoms with Gasteiger partial charge in [0.15, 0.2) is 5.78 Å². The summed E-state index contributed by atoms with van der Waals surface area (Å²) in [4.78, 5) is 23.0. The average molecular weight is 347 g/mol. The number of Topliss-reactive ketones (excluding diaryl/α,β-unsaturated/α-hetero) is 1. The number of benzene rings is 2. The summed E-state index contributed by atoms with van der Waals surface area (Å²) in [6.45, 7) is 2.11. The van der Waals surface area contributed by atoms with E-state index in [0.717, 1.165) is 5.56 Å². The fourth-order valence-corrected chi connectivity index (χ4v) is 2.38. The Bertz CT molecular complexity index is 682. The molecule has 0 heterocycles. The molecule has 0 aliphatic rings. The zero-order chi connectivity index (χ0) is 17.5. The maximum absolute atomic E-state index is 12.3. The van der Waals surface area contributed by atoms with E-state index >= 15 is 0 Å². The molecule has 0 aliphatic heterocycles. The van der Waals surface area contributed by atoms with E-state index < -0.39 is 11.3 Å². The number of ketones is 1. The molecular weight excluding hydrogens is 328 g/mol. The molecule has 2 rings (SSSR count). The minimum absolute atomic E-state index is 0.0404. The number of rotatable bonds is 8. The third kappa shape index (κ3) is 5.10. The zero-order valence-electron chi connectivity index (χ0n) is 13.3. The van der Waals surface area contributed by atoms with Crippen molar-refractivity contribution in [1.82, 2.24) is 0 Å². The van der Waals surface area contributed by atoms with Crippen LogP contribution in [0.25, 0.3) is 0 Å². The third-order valence-electron chi connectivity index (χ3n) is 3.61. The fourth-order valence-electron chi connectivity index (χ4n) is 2.20. The molecule has 2 aromatic rings. The minimum Gasteiger partial charge on any atom is -0.493 e. The van der Waals surface area contributed by atoms with Crippen molar-refractivity contribution in [2.75, 3.05) is 6.61 Å². The van der Waals surface area contributed by atoms with E-state index in [1.165, 1.54) is 0 Å². The highest BCUT2D eigenvalue weighted by Gasteiger charge is 2.16. The van der Waals surface area contributed by atoms with E-state index in [-0.39, 0.29) is 24.7 Å². The van der Waals surface area contributed by atoms with Crippen LogP contribution < -0.4 is 4.74 Å². The maximum atomic E-state index is 12.3. The molecule has 0 saturated heterocycles. The van der Waals surface area contributed by atoms with Gasteiger partial charge in [0.1, 0.15) is 11.1 Å². The van der Waals surface area contributed by atoms with Crippen LogP contribution in [0.3, 0.4) is 0 Å². The molecule has 0 aliphatic carbocycles. The van der Waals surface area contributed by atoms with E-state index in [4.69, 9.17) is 21.4 Å². The molecule has 4 nitrogen and oxygen atoms in total. The standard InChI is InChI=1S/C19H19ClO4/c1-13(18(21)15-5-3-2-4-6-15)12-24-16-9-7-14(8-10-16)11-17(20)19(22)23/h2-10,13,17H,11-12H2,1H3,(H,22,23). The van der Waals surface area contributed by atoms with Crippen LogP contribution in [0.4, 0.5) is 0 Å². The molecule has 0 fully saturated rings. The number of hydrogen-bond donors (Lipinski definition) is 1. The zero-order valence-corrected chi connectivity index (χ0v) is 14.1. The monoisotopic (exact) mass is 346 g/mol. The van der Waals surface area contributed by atoms with Crippen LogP contribution in [0.1, 0.15) is 22.8 Å². The Balaban J connectivity index is 1.88. The fraction of sp³-hybridized carbons (Fsp3) is 0.263. The lowest BCUT2D eigenvalue weighted by molar-refractivity contribution is -0.136. The number of carbonyl (C=O) groups excluding carboxylic acids is 1. The van der Waals surface area contributed by atoms with Gasteiger partial charge >= 0.3 is 5.97 Å². The van der Waals surface area contributed by atoms with Gasteiger partial charge in [-0.2, -0.15) is 0 Å². The van der Waals surface area contributed by atoms with Crippen LogP contribution in [0.5, 0.6) is 5.75 Å². The lowest BCUT2D eigenvalue weighted by Crippen LogP contribution is -2.19. The van der Waals surface area contributed by atoms with Crippen LogP contribution in [0.15, 0.2) is 54.6 Å². The van der Waals surface area contributed by atoms with Crippen LogP contribution in [0, 0.1) is 5.92 Å². The summed E-state index contributed by atoms with van der Waals surface area (Å²) in [6, 6.07) is 16.2. The van der Waals surface area contributed by atoms with Crippen molar-refractivity contribution in [1.29, 1.82) is 0 Å². The van der Waals surface area contributed by atoms with Crippen molar-refractivity contribution >= 4 is 23.4 Å². The largest absolute Gasteiger partial charge is 0.493 e. The number of alkyl halides is 1. The summed E-state index contributed by atoms with van der Waals surface area (Å²) in [5.41, 5.74) is 1.49. The number of ether oxygens (including phenoxy) is 1. The van der Waals surface area contributed by atoms with E-state index in [1.807, 2.05) is 25.1 Å². The molecule has 0 spiro atoms. The second-order valence-corrected chi connectivity index (χ2v) is 6.12. The Morgan fingerprint density at radius 2 is 1.71 bits per heavy atom. The van der Waals surface area contributed by atoms with Crippen molar-refractivity contribution in [2.45, 2.75) is 18.7 Å². The van der Waals surface area contributed by atoms with Gasteiger partial charge in [-0.1, -0.05) is 49.4 Å². The number of halogens is 1. The van der Waals surface area contributed by atoms with Crippen molar-refractivity contribution in [3.63, 3.8) is 0 Å². The molecule has 0 bridgehead atoms. The minimum atomic E-state index is -1.04. The maximum Gasteiger partial charge on any atom is 0.321 e. The van der Waals surface area contributed by atoms with Crippen molar-refractivity contribution < 1.29 is 19.4 Å². The first kappa shape index (κ1) is 18.0. The molecular formula is C19H19ClO4. The van der Waals surface area contributed by atoms with E-state index in [0.29, 0.717) is 11.3 Å². The first-order valence-electron chi connectivity index (χ1n) is 7.65. The molecule has 2 atom stereocenters. The molecule has 0 saturated carbocycles. The van der Waals surface area contributed by atoms with Gasteiger partial charge in [-0.05, 0) is 24.1 Å². The number of hydrogen-bond acceptors (Lipinski definition) is 3. The smallest absolute Gasteiger partial charge is 0.321 e. The van der Waals surface area contributed by atoms with Crippen LogP contribution in [0.2, 0.25) is 0 Å². The summed E-state index contributed by atoms with van der Waals surface area (Å²) in [5.74, 6) is -0.622. The number of aliphatic carboxylic acids is 1. The highest BCUT2D eigenvalue weighted by Crippen LogP contribution is 2.17. The lowest BCUT2D eigenvalue weighted by atomic mass is 10.0. The average Bonchev–Trinajstić information content (AvgIpc) is 2.60. The summed E-state index contributed by atoms with van der Waals surface area (Å²) in [7, 11) is 0. The predicted octanol–water partition coefficient (Wildman–Crippen LogP) is 3.82. The molecule has 5 heteroatoms. The quantitative estimate of drug-likeness (QED) is 0.583. The van der Waals surface area contributed by atoms with Gasteiger partial charge in [-0.25, -0.2) is 0 Å². The number of carboxylic acids is 1. The molecule has 2 aromatic carbocycles. The number of carbonyl (C=O) groups is 2. The summed E-state index contributed by atoms with van der Waals surface area (Å²) in [6.07, 6.45) is 0.250. The van der Waals surface area contributed by atoms with Gasteiger partial charge in [0, 0.05) is 5.56 Å². The normalized spacial score (nSPS) is 13.1. The van der Waals surface area contributed by atoms with Gasteiger partial charge in [0.25, 0.3) is 0 Å². The second kappa shape index (κ2) is 8.50. The topological polar surface area (TPSA) is 63.6 Å². The van der Waals surface area contributed by atoms with Gasteiger partial charge < -0.3 is 9.84 Å². The molecule has 0 radical (unpaired) electrons. The van der Waals surface area contributed by atoms with Gasteiger partial charge in [-0.3, -0.25) is 9.59 Å². The molecule has 0 aromatic heterocycles. The predicted molar refractivity (Wildman–Crippen MR) is 92.9 cm³/mol. The van der Waals surface area contributed by atoms with Crippen LogP contribution in [-0.4, -0.2) is 28.8 Å². The molecule has 0 amide bonds. The van der Waals surface area contributed by atoms with Crippen LogP contribution in [-0.2, 0) is 11.2 Å². The van der Waals surface area contributed by atoms with Crippen molar-refractivity contribution in [3.05, 3.63) is 65.7 Å². The molecule has 24 heavy (non-hydrogen) atoms. The summed E-state index contributed by atoms with van der Waals surface area (Å²) >= 11 is 5.72.